The molecule has 0 spiro atoms. The highest BCUT2D eigenvalue weighted by molar-refractivity contribution is 5.95. The summed E-state index contributed by atoms with van der Waals surface area (Å²) in [6, 6.07) is 16.7. The van der Waals surface area contributed by atoms with Gasteiger partial charge in [0.1, 0.15) is 12.1 Å². The van der Waals surface area contributed by atoms with Crippen molar-refractivity contribution in [1.82, 2.24) is 25.8 Å². The Hall–Kier alpha value is -3.76. The molecule has 242 valence electrons. The molecule has 0 aromatic heterocycles. The fourth-order valence-corrected chi connectivity index (χ4v) is 7.02. The molecular formula is C35H47N5O5. The van der Waals surface area contributed by atoms with E-state index in [1.165, 1.54) is 0 Å². The van der Waals surface area contributed by atoms with Crippen LogP contribution in [0.1, 0.15) is 70.0 Å². The molecule has 0 aliphatic carbocycles. The van der Waals surface area contributed by atoms with Crippen LogP contribution in [-0.2, 0) is 23.9 Å². The monoisotopic (exact) mass is 617 g/mol. The molecule has 3 fully saturated rings. The molecular weight excluding hydrogens is 570 g/mol. The molecule has 3 aliphatic rings. The molecule has 45 heavy (non-hydrogen) atoms. The maximum Gasteiger partial charge on any atom is 0.248 e. The van der Waals surface area contributed by atoms with Gasteiger partial charge < -0.3 is 30.5 Å². The van der Waals surface area contributed by atoms with Gasteiger partial charge in [0.05, 0.1) is 17.6 Å². The summed E-state index contributed by atoms with van der Waals surface area (Å²) in [5.41, 5.74) is 0.848. The molecule has 3 aliphatic heterocycles. The molecule has 0 saturated carbocycles. The first-order chi connectivity index (χ1) is 21.6. The Bertz CT molecular complexity index is 1310. The fourth-order valence-electron chi connectivity index (χ4n) is 7.02. The fraction of sp³-hybridized carbons (Fsp3) is 0.543. The number of hydrogen-bond donors (Lipinski definition) is 3. The molecule has 3 saturated heterocycles. The molecule has 5 rings (SSSR count). The van der Waals surface area contributed by atoms with Crippen LogP contribution in [0, 0.1) is 5.92 Å². The largest absolute Gasteiger partial charge is 0.381 e. The van der Waals surface area contributed by atoms with Gasteiger partial charge in [-0.3, -0.25) is 19.2 Å². The molecule has 3 N–H and O–H groups in total. The summed E-state index contributed by atoms with van der Waals surface area (Å²) < 4.78 is 5.50. The van der Waals surface area contributed by atoms with E-state index < -0.39 is 23.7 Å². The molecule has 3 heterocycles. The van der Waals surface area contributed by atoms with Crippen LogP contribution in [0.25, 0.3) is 0 Å². The SMILES string of the molecule is CN[C@@H](C)C(=O)N[C@@H]1C(=O)N2[C@H](CC[C@H]2C(=O)NC(c2ccccc2)c2ccccc2)CCN(C(=O)C2CCOCC2)C1(C)C. The van der Waals surface area contributed by atoms with Crippen molar-refractivity contribution in [2.24, 2.45) is 5.92 Å². The number of carbonyl (C=O) groups excluding carboxylic acids is 4. The van der Waals surface area contributed by atoms with Crippen molar-refractivity contribution >= 4 is 23.6 Å². The smallest absolute Gasteiger partial charge is 0.248 e. The average molecular weight is 618 g/mol. The van der Waals surface area contributed by atoms with Gasteiger partial charge in [0.25, 0.3) is 0 Å². The molecule has 0 radical (unpaired) electrons. The Kier molecular flexibility index (Phi) is 10.2. The second-order valence-electron chi connectivity index (χ2n) is 13.0. The summed E-state index contributed by atoms with van der Waals surface area (Å²) in [5, 5.41) is 9.18. The standard InChI is InChI=1S/C35H47N5O5/c1-23(36-4)31(41)38-30-34(44)40-27(17-20-39(35(30,2)3)33(43)26-18-21-45-22-19-26)15-16-28(40)32(42)37-29(24-11-7-5-8-12-24)25-13-9-6-10-14-25/h5-14,23,26-30,36H,15-22H2,1-4H3,(H,37,42)(H,38,41)/t23-,27+,28-,30+/m0/s1. The van der Waals surface area contributed by atoms with Crippen molar-refractivity contribution in [2.45, 2.75) is 88.6 Å². The lowest BCUT2D eigenvalue weighted by molar-refractivity contribution is -0.156. The number of fused-ring (bicyclic) bond motifs is 1. The van der Waals surface area contributed by atoms with Crippen molar-refractivity contribution in [3.8, 4) is 0 Å². The quantitative estimate of drug-likeness (QED) is 0.419. The molecule has 0 bridgehead atoms. The Morgan fingerprint density at radius 2 is 1.49 bits per heavy atom. The van der Waals surface area contributed by atoms with Gasteiger partial charge in [0, 0.05) is 31.7 Å². The zero-order valence-electron chi connectivity index (χ0n) is 26.8. The van der Waals surface area contributed by atoms with Crippen LogP contribution in [-0.4, -0.2) is 89.9 Å². The summed E-state index contributed by atoms with van der Waals surface area (Å²) in [7, 11) is 1.68. The van der Waals surface area contributed by atoms with E-state index in [1.807, 2.05) is 74.5 Å². The number of nitrogens with one attached hydrogen (secondary N) is 3. The molecule has 10 heteroatoms. The highest BCUT2D eigenvalue weighted by Gasteiger charge is 2.52. The lowest BCUT2D eigenvalue weighted by Gasteiger charge is -2.49. The van der Waals surface area contributed by atoms with Gasteiger partial charge in [-0.15, -0.1) is 0 Å². The zero-order chi connectivity index (χ0) is 32.1. The van der Waals surface area contributed by atoms with Gasteiger partial charge in [-0.2, -0.15) is 0 Å². The van der Waals surface area contributed by atoms with Crippen LogP contribution in [0.15, 0.2) is 60.7 Å². The van der Waals surface area contributed by atoms with E-state index >= 15 is 0 Å². The van der Waals surface area contributed by atoms with Gasteiger partial charge in [0.15, 0.2) is 0 Å². The van der Waals surface area contributed by atoms with E-state index in [-0.39, 0.29) is 41.6 Å². The predicted molar refractivity (Wildman–Crippen MR) is 171 cm³/mol. The highest BCUT2D eigenvalue weighted by Crippen LogP contribution is 2.36. The maximum absolute atomic E-state index is 14.7. The first kappa shape index (κ1) is 32.6. The first-order valence-corrected chi connectivity index (χ1v) is 16.2. The normalized spacial score (nSPS) is 24.4. The van der Waals surface area contributed by atoms with E-state index in [4.69, 9.17) is 4.74 Å². The topological polar surface area (TPSA) is 120 Å². The van der Waals surface area contributed by atoms with Gasteiger partial charge in [-0.05, 0) is 71.0 Å². The lowest BCUT2D eigenvalue weighted by atomic mass is 9.86. The Labute approximate surface area is 266 Å². The van der Waals surface area contributed by atoms with Gasteiger partial charge in [-0.1, -0.05) is 60.7 Å². The predicted octanol–water partition coefficient (Wildman–Crippen LogP) is 2.78. The Morgan fingerprint density at radius 1 is 0.889 bits per heavy atom. The number of nitrogens with zero attached hydrogens (tertiary/aromatic N) is 2. The van der Waals surface area contributed by atoms with Crippen LogP contribution < -0.4 is 16.0 Å². The molecule has 2 aromatic carbocycles. The first-order valence-electron chi connectivity index (χ1n) is 16.2. The third kappa shape index (κ3) is 6.92. The summed E-state index contributed by atoms with van der Waals surface area (Å²) in [6.07, 6.45) is 2.96. The van der Waals surface area contributed by atoms with Crippen LogP contribution in [0.2, 0.25) is 0 Å². The number of hydrogen-bond acceptors (Lipinski definition) is 6. The minimum atomic E-state index is -1.04. The third-order valence-electron chi connectivity index (χ3n) is 9.90. The van der Waals surface area contributed by atoms with E-state index in [1.54, 1.807) is 23.8 Å². The number of amides is 4. The van der Waals surface area contributed by atoms with E-state index in [0.717, 1.165) is 11.1 Å². The van der Waals surface area contributed by atoms with E-state index in [9.17, 15) is 19.2 Å². The van der Waals surface area contributed by atoms with E-state index in [2.05, 4.69) is 16.0 Å². The second-order valence-corrected chi connectivity index (χ2v) is 13.0. The Morgan fingerprint density at radius 3 is 2.07 bits per heavy atom. The van der Waals surface area contributed by atoms with Crippen molar-refractivity contribution in [1.29, 1.82) is 0 Å². The van der Waals surface area contributed by atoms with E-state index in [0.29, 0.717) is 51.9 Å². The molecule has 4 atom stereocenters. The maximum atomic E-state index is 14.7. The minimum absolute atomic E-state index is 0.00804. The summed E-state index contributed by atoms with van der Waals surface area (Å²) >= 11 is 0. The zero-order valence-corrected chi connectivity index (χ0v) is 26.8. The van der Waals surface area contributed by atoms with Crippen LogP contribution in [0.3, 0.4) is 0 Å². The van der Waals surface area contributed by atoms with Crippen molar-refractivity contribution in [2.75, 3.05) is 26.8 Å². The van der Waals surface area contributed by atoms with Crippen LogP contribution in [0.4, 0.5) is 0 Å². The minimum Gasteiger partial charge on any atom is -0.381 e. The van der Waals surface area contributed by atoms with Gasteiger partial charge in [0.2, 0.25) is 23.6 Å². The summed E-state index contributed by atoms with van der Waals surface area (Å²) in [5.74, 6) is -1.10. The number of rotatable bonds is 8. The number of ether oxygens (including phenoxy) is 1. The highest BCUT2D eigenvalue weighted by atomic mass is 16.5. The van der Waals surface area contributed by atoms with Crippen molar-refractivity contribution in [3.63, 3.8) is 0 Å². The number of carbonyl (C=O) groups is 4. The molecule has 10 nitrogen and oxygen atoms in total. The number of benzene rings is 2. The molecule has 4 amide bonds. The van der Waals surface area contributed by atoms with Crippen molar-refractivity contribution in [3.05, 3.63) is 71.8 Å². The molecule has 2 aromatic rings. The summed E-state index contributed by atoms with van der Waals surface area (Å²) in [6.45, 7) is 6.92. The van der Waals surface area contributed by atoms with Gasteiger partial charge in [-0.25, -0.2) is 0 Å². The lowest BCUT2D eigenvalue weighted by Crippen LogP contribution is -2.70. The average Bonchev–Trinajstić information content (AvgIpc) is 3.49. The number of likely N-dealkylation sites (N-methyl/N-ethyl adjacent to an activating group) is 1. The summed E-state index contributed by atoms with van der Waals surface area (Å²) in [4.78, 5) is 59.6. The van der Waals surface area contributed by atoms with Crippen LogP contribution in [0.5, 0.6) is 0 Å². The molecule has 0 unspecified atom stereocenters. The Balaban J connectivity index is 1.45. The van der Waals surface area contributed by atoms with Crippen molar-refractivity contribution < 1.29 is 23.9 Å². The third-order valence-corrected chi connectivity index (χ3v) is 9.90. The van der Waals surface area contributed by atoms with Gasteiger partial charge >= 0.3 is 0 Å². The second kappa shape index (κ2) is 14.1. The van der Waals surface area contributed by atoms with Crippen LogP contribution >= 0.6 is 0 Å².